The summed E-state index contributed by atoms with van der Waals surface area (Å²) in [5.41, 5.74) is 2.58. The number of aryl methyl sites for hydroxylation is 1. The molecule has 0 saturated carbocycles. The van der Waals surface area contributed by atoms with E-state index >= 15 is 0 Å². The summed E-state index contributed by atoms with van der Waals surface area (Å²) in [7, 11) is 0. The van der Waals surface area contributed by atoms with Crippen LogP contribution >= 0.6 is 12.4 Å². The molecule has 2 N–H and O–H groups in total. The van der Waals surface area contributed by atoms with Gasteiger partial charge < -0.3 is 19.6 Å². The molecule has 0 bridgehead atoms. The zero-order chi connectivity index (χ0) is 20.6. The van der Waals surface area contributed by atoms with Crippen LogP contribution in [0.15, 0.2) is 15.4 Å². The lowest BCUT2D eigenvalue weighted by Gasteiger charge is -2.23. The summed E-state index contributed by atoms with van der Waals surface area (Å²) < 4.78 is 13.1. The summed E-state index contributed by atoms with van der Waals surface area (Å²) in [6.45, 7) is 10.3. The molecule has 10 heteroatoms. The fraction of sp³-hybridized carbons (Fsp3) is 0.600. The highest BCUT2D eigenvalue weighted by Gasteiger charge is 2.24. The molecule has 4 heterocycles. The minimum Gasteiger partial charge on any atom is -0.375 e. The monoisotopic (exact) mass is 436 g/mol. The third-order valence-electron chi connectivity index (χ3n) is 5.13. The molecule has 30 heavy (non-hydrogen) atoms. The predicted molar refractivity (Wildman–Crippen MR) is 115 cm³/mol. The molecule has 0 unspecified atom stereocenters. The van der Waals surface area contributed by atoms with Crippen molar-refractivity contribution in [3.05, 3.63) is 33.6 Å². The van der Waals surface area contributed by atoms with Gasteiger partial charge in [-0.25, -0.2) is 4.52 Å². The number of aromatic nitrogens is 5. The number of ether oxygens (including phenoxy) is 1. The fourth-order valence-electron chi connectivity index (χ4n) is 3.75. The number of H-pyrrole nitrogens is 1. The lowest BCUT2D eigenvalue weighted by atomic mass is 9.94. The molecule has 1 fully saturated rings. The van der Waals surface area contributed by atoms with Crippen LogP contribution in [-0.4, -0.2) is 50.0 Å². The second kappa shape index (κ2) is 8.87. The zero-order valence-corrected chi connectivity index (χ0v) is 18.6. The third-order valence-corrected chi connectivity index (χ3v) is 5.13. The molecule has 0 aromatic carbocycles. The zero-order valence-electron chi connectivity index (χ0n) is 17.8. The van der Waals surface area contributed by atoms with Gasteiger partial charge in [0, 0.05) is 18.4 Å². The van der Waals surface area contributed by atoms with Gasteiger partial charge in [0.25, 0.3) is 11.4 Å². The molecule has 1 aliphatic heterocycles. The number of piperidine rings is 1. The first-order valence-electron chi connectivity index (χ1n) is 10.1. The quantitative estimate of drug-likeness (QED) is 0.632. The molecule has 0 atom stereocenters. The van der Waals surface area contributed by atoms with E-state index in [1.54, 1.807) is 6.07 Å². The Kier molecular flexibility index (Phi) is 6.64. The van der Waals surface area contributed by atoms with Crippen LogP contribution in [0.1, 0.15) is 56.7 Å². The highest BCUT2D eigenvalue weighted by Crippen LogP contribution is 2.29. The number of aromatic amines is 1. The van der Waals surface area contributed by atoms with Gasteiger partial charge in [0.15, 0.2) is 5.82 Å². The first-order chi connectivity index (χ1) is 13.8. The van der Waals surface area contributed by atoms with Gasteiger partial charge >= 0.3 is 0 Å². The van der Waals surface area contributed by atoms with Gasteiger partial charge in [-0.2, -0.15) is 10.1 Å². The van der Waals surface area contributed by atoms with Gasteiger partial charge in [0.05, 0.1) is 23.6 Å². The van der Waals surface area contributed by atoms with Crippen LogP contribution in [0.2, 0.25) is 0 Å². The van der Waals surface area contributed by atoms with E-state index in [4.69, 9.17) is 9.26 Å². The smallest absolute Gasteiger partial charge is 0.263 e. The summed E-state index contributed by atoms with van der Waals surface area (Å²) in [6, 6.07) is 1.66. The molecule has 9 nitrogen and oxygen atoms in total. The molecule has 4 rings (SSSR count). The summed E-state index contributed by atoms with van der Waals surface area (Å²) in [5, 5.41) is 12.1. The van der Waals surface area contributed by atoms with Gasteiger partial charge in [-0.15, -0.1) is 12.4 Å². The summed E-state index contributed by atoms with van der Waals surface area (Å²) in [4.78, 5) is 19.8. The molecule has 3 aromatic heterocycles. The van der Waals surface area contributed by atoms with Crippen LogP contribution in [-0.2, 0) is 11.2 Å². The number of halogens is 1. The lowest BCUT2D eigenvalue weighted by Crippen LogP contribution is -2.28. The maximum absolute atomic E-state index is 12.4. The normalized spacial score (nSPS) is 15.5. The van der Waals surface area contributed by atoms with E-state index < -0.39 is 0 Å². The molecule has 1 saturated heterocycles. The summed E-state index contributed by atoms with van der Waals surface area (Å²) in [6.07, 6.45) is 2.51. The second-order valence-corrected chi connectivity index (χ2v) is 8.53. The molecule has 0 amide bonds. The van der Waals surface area contributed by atoms with Crippen molar-refractivity contribution in [3.8, 4) is 11.5 Å². The standard InChI is InChI=1S/C20H28N6O3.ClH/c1-12-17(19-22-15(25-29-19)7-10-28-20(2,3)4)18-23-16(27)11-14(26(18)24-12)13-5-8-21-9-6-13;/h11,13,21H,5-10H2,1-4H3,(H,23,27);1H. The van der Waals surface area contributed by atoms with Crippen molar-refractivity contribution < 1.29 is 9.26 Å². The average Bonchev–Trinajstić information content (AvgIpc) is 3.24. The number of fused-ring (bicyclic) bond motifs is 1. The van der Waals surface area contributed by atoms with E-state index in [9.17, 15) is 4.79 Å². The molecule has 164 valence electrons. The number of nitrogens with zero attached hydrogens (tertiary/aromatic N) is 4. The first kappa shape index (κ1) is 22.5. The minimum atomic E-state index is -0.212. The van der Waals surface area contributed by atoms with Crippen LogP contribution in [0, 0.1) is 6.92 Å². The highest BCUT2D eigenvalue weighted by atomic mass is 35.5. The van der Waals surface area contributed by atoms with E-state index in [0.29, 0.717) is 41.9 Å². The number of hydrogen-bond donors (Lipinski definition) is 2. The Bertz CT molecular complexity index is 1060. The summed E-state index contributed by atoms with van der Waals surface area (Å²) >= 11 is 0. The maximum Gasteiger partial charge on any atom is 0.263 e. The minimum absolute atomic E-state index is 0. The van der Waals surface area contributed by atoms with Crippen molar-refractivity contribution in [2.45, 2.75) is 58.5 Å². The van der Waals surface area contributed by atoms with E-state index in [-0.39, 0.29) is 23.6 Å². The van der Waals surface area contributed by atoms with Crippen molar-refractivity contribution in [1.82, 2.24) is 30.1 Å². The average molecular weight is 437 g/mol. The Morgan fingerprint density at radius 1 is 1.30 bits per heavy atom. The highest BCUT2D eigenvalue weighted by molar-refractivity contribution is 5.85. The van der Waals surface area contributed by atoms with Crippen molar-refractivity contribution in [1.29, 1.82) is 0 Å². The third kappa shape index (κ3) is 4.74. The Labute approximate surface area is 181 Å². The van der Waals surface area contributed by atoms with Crippen LogP contribution < -0.4 is 10.9 Å². The second-order valence-electron chi connectivity index (χ2n) is 8.53. The first-order valence-corrected chi connectivity index (χ1v) is 10.1. The van der Waals surface area contributed by atoms with Gasteiger partial charge in [0.2, 0.25) is 0 Å². The fourth-order valence-corrected chi connectivity index (χ4v) is 3.75. The van der Waals surface area contributed by atoms with Crippen LogP contribution in [0.3, 0.4) is 0 Å². The number of hydrogen-bond acceptors (Lipinski definition) is 7. The van der Waals surface area contributed by atoms with Gasteiger partial charge in [-0.1, -0.05) is 5.16 Å². The van der Waals surface area contributed by atoms with Gasteiger partial charge in [0.1, 0.15) is 11.2 Å². The Morgan fingerprint density at radius 2 is 2.03 bits per heavy atom. The maximum atomic E-state index is 12.4. The SMILES string of the molecule is Cc1nn2c(C3CCNCC3)cc(=O)[nH]c2c1-c1nc(CCOC(C)(C)C)no1.Cl. The molecule has 0 radical (unpaired) electrons. The Hall–Kier alpha value is -2.23. The van der Waals surface area contributed by atoms with E-state index in [0.717, 1.165) is 37.3 Å². The molecule has 1 aliphatic rings. The van der Waals surface area contributed by atoms with Crippen LogP contribution in [0.25, 0.3) is 17.1 Å². The van der Waals surface area contributed by atoms with Crippen molar-refractivity contribution in [3.63, 3.8) is 0 Å². The molecule has 0 spiro atoms. The van der Waals surface area contributed by atoms with Crippen molar-refractivity contribution in [2.75, 3.05) is 19.7 Å². The largest absolute Gasteiger partial charge is 0.375 e. The van der Waals surface area contributed by atoms with Crippen LogP contribution in [0.5, 0.6) is 0 Å². The topological polar surface area (TPSA) is 110 Å². The van der Waals surface area contributed by atoms with Crippen molar-refractivity contribution >= 4 is 18.1 Å². The van der Waals surface area contributed by atoms with Gasteiger partial charge in [-0.3, -0.25) is 4.79 Å². The molecular formula is C20H29ClN6O3. The van der Waals surface area contributed by atoms with Crippen LogP contribution in [0.4, 0.5) is 0 Å². The van der Waals surface area contributed by atoms with Gasteiger partial charge in [-0.05, 0) is 53.6 Å². The number of nitrogens with one attached hydrogen (secondary N) is 2. The molecular weight excluding hydrogens is 408 g/mol. The molecule has 0 aliphatic carbocycles. The number of rotatable bonds is 5. The Balaban J connectivity index is 0.00000256. The Morgan fingerprint density at radius 3 is 2.73 bits per heavy atom. The lowest BCUT2D eigenvalue weighted by molar-refractivity contribution is -0.00173. The van der Waals surface area contributed by atoms with E-state index in [1.165, 1.54) is 0 Å². The molecule has 3 aromatic rings. The van der Waals surface area contributed by atoms with E-state index in [1.807, 2.05) is 32.2 Å². The summed E-state index contributed by atoms with van der Waals surface area (Å²) in [5.74, 6) is 1.22. The predicted octanol–water partition coefficient (Wildman–Crippen LogP) is 2.63. The van der Waals surface area contributed by atoms with E-state index in [2.05, 4.69) is 25.5 Å². The van der Waals surface area contributed by atoms with Crippen molar-refractivity contribution in [2.24, 2.45) is 0 Å².